The van der Waals surface area contributed by atoms with Crippen molar-refractivity contribution in [1.29, 1.82) is 0 Å². The maximum atomic E-state index is 12.5. The monoisotopic (exact) mass is 361 g/mol. The third-order valence-electron chi connectivity index (χ3n) is 4.43. The summed E-state index contributed by atoms with van der Waals surface area (Å²) in [6, 6.07) is 11.3. The van der Waals surface area contributed by atoms with Gasteiger partial charge in [0.2, 0.25) is 0 Å². The van der Waals surface area contributed by atoms with E-state index in [2.05, 4.69) is 35.0 Å². The van der Waals surface area contributed by atoms with E-state index in [0.29, 0.717) is 12.2 Å². The molecule has 4 rings (SSSR count). The number of para-hydroxylation sites is 2. The summed E-state index contributed by atoms with van der Waals surface area (Å²) in [5.74, 6) is 0.657. The van der Waals surface area contributed by atoms with Crippen LogP contribution in [0.15, 0.2) is 48.9 Å². The number of imidazole rings is 1. The molecule has 0 saturated carbocycles. The summed E-state index contributed by atoms with van der Waals surface area (Å²) in [5, 5.41) is 9.99. The largest absolute Gasteiger partial charge is 0.343 e. The summed E-state index contributed by atoms with van der Waals surface area (Å²) in [5.41, 5.74) is 3.92. The molecule has 0 spiro atoms. The van der Waals surface area contributed by atoms with Gasteiger partial charge in [0.1, 0.15) is 17.8 Å². The lowest BCUT2D eigenvalue weighted by atomic mass is 10.2. The van der Waals surface area contributed by atoms with E-state index in [-0.39, 0.29) is 11.9 Å². The molecule has 1 amide bonds. The van der Waals surface area contributed by atoms with Gasteiger partial charge in [-0.05, 0) is 38.1 Å². The van der Waals surface area contributed by atoms with E-state index < -0.39 is 0 Å². The fourth-order valence-corrected chi connectivity index (χ4v) is 3.03. The van der Waals surface area contributed by atoms with Crippen molar-refractivity contribution < 1.29 is 4.79 Å². The fraction of sp³-hybridized carbons (Fsp3) is 0.211. The van der Waals surface area contributed by atoms with Crippen LogP contribution >= 0.6 is 0 Å². The van der Waals surface area contributed by atoms with E-state index in [1.54, 1.807) is 18.3 Å². The van der Waals surface area contributed by atoms with Gasteiger partial charge in [-0.25, -0.2) is 15.0 Å². The van der Waals surface area contributed by atoms with Gasteiger partial charge in [-0.2, -0.15) is 5.10 Å². The molecule has 8 heteroatoms. The summed E-state index contributed by atoms with van der Waals surface area (Å²) in [4.78, 5) is 25.1. The summed E-state index contributed by atoms with van der Waals surface area (Å²) in [7, 11) is 0. The number of rotatable bonds is 5. The Hall–Kier alpha value is -3.55. The van der Waals surface area contributed by atoms with Crippen molar-refractivity contribution in [3.05, 3.63) is 71.8 Å². The van der Waals surface area contributed by atoms with Crippen LogP contribution < -0.4 is 5.32 Å². The molecule has 0 aliphatic carbocycles. The molecular formula is C19H19N7O. The van der Waals surface area contributed by atoms with Crippen molar-refractivity contribution in [2.75, 3.05) is 0 Å². The Morgan fingerprint density at radius 3 is 2.96 bits per heavy atom. The number of nitrogens with one attached hydrogen (secondary N) is 2. The van der Waals surface area contributed by atoms with Crippen molar-refractivity contribution in [3.63, 3.8) is 0 Å². The number of fused-ring (bicyclic) bond motifs is 1. The SMILES string of the molecule is Cc1nc2ccccc2n1Cc1cc(C(=O)N[C@H](C)c2ccncn2)n[nH]1. The lowest BCUT2D eigenvalue weighted by Gasteiger charge is -2.11. The van der Waals surface area contributed by atoms with Crippen LogP contribution in [0, 0.1) is 6.92 Å². The predicted octanol–water partition coefficient (Wildman–Crippen LogP) is 2.40. The van der Waals surface area contributed by atoms with Crippen molar-refractivity contribution in [3.8, 4) is 0 Å². The number of amides is 1. The van der Waals surface area contributed by atoms with E-state index in [9.17, 15) is 4.79 Å². The Kier molecular flexibility index (Phi) is 4.37. The van der Waals surface area contributed by atoms with Crippen molar-refractivity contribution >= 4 is 16.9 Å². The smallest absolute Gasteiger partial charge is 0.272 e. The number of benzene rings is 1. The molecule has 1 aromatic carbocycles. The number of hydrogen-bond donors (Lipinski definition) is 2. The van der Waals surface area contributed by atoms with Gasteiger partial charge in [-0.3, -0.25) is 9.89 Å². The summed E-state index contributed by atoms with van der Waals surface area (Å²) in [6.07, 6.45) is 3.11. The second kappa shape index (κ2) is 6.99. The highest BCUT2D eigenvalue weighted by atomic mass is 16.2. The Balaban J connectivity index is 1.50. The molecule has 0 fully saturated rings. The van der Waals surface area contributed by atoms with E-state index in [4.69, 9.17) is 0 Å². The Bertz CT molecular complexity index is 1080. The fourth-order valence-electron chi connectivity index (χ4n) is 3.03. The number of aryl methyl sites for hydroxylation is 1. The molecule has 0 aliphatic rings. The van der Waals surface area contributed by atoms with E-state index >= 15 is 0 Å². The maximum absolute atomic E-state index is 12.5. The molecule has 0 radical (unpaired) electrons. The van der Waals surface area contributed by atoms with Crippen molar-refractivity contribution in [2.24, 2.45) is 0 Å². The van der Waals surface area contributed by atoms with Gasteiger partial charge in [-0.1, -0.05) is 12.1 Å². The van der Waals surface area contributed by atoms with Gasteiger partial charge in [0.25, 0.3) is 5.91 Å². The Labute approximate surface area is 155 Å². The zero-order valence-corrected chi connectivity index (χ0v) is 15.0. The molecule has 0 unspecified atom stereocenters. The number of nitrogens with zero attached hydrogens (tertiary/aromatic N) is 5. The molecule has 27 heavy (non-hydrogen) atoms. The minimum atomic E-state index is -0.254. The van der Waals surface area contributed by atoms with Crippen molar-refractivity contribution in [2.45, 2.75) is 26.4 Å². The average molecular weight is 361 g/mol. The van der Waals surface area contributed by atoms with Crippen LogP contribution in [0.2, 0.25) is 0 Å². The van der Waals surface area contributed by atoms with E-state index in [0.717, 1.165) is 28.2 Å². The molecule has 8 nitrogen and oxygen atoms in total. The molecule has 3 heterocycles. The topological polar surface area (TPSA) is 101 Å². The average Bonchev–Trinajstić information content (AvgIpc) is 3.28. The molecule has 0 saturated heterocycles. The molecular weight excluding hydrogens is 342 g/mol. The molecule has 0 aliphatic heterocycles. The first-order valence-corrected chi connectivity index (χ1v) is 8.65. The Morgan fingerprint density at radius 2 is 2.15 bits per heavy atom. The molecule has 2 N–H and O–H groups in total. The zero-order valence-electron chi connectivity index (χ0n) is 15.0. The second-order valence-corrected chi connectivity index (χ2v) is 6.34. The van der Waals surface area contributed by atoms with Gasteiger partial charge in [0.15, 0.2) is 0 Å². The first-order chi connectivity index (χ1) is 13.1. The predicted molar refractivity (Wildman–Crippen MR) is 100 cm³/mol. The Morgan fingerprint density at radius 1 is 1.30 bits per heavy atom. The highest BCUT2D eigenvalue weighted by molar-refractivity contribution is 5.92. The van der Waals surface area contributed by atoms with E-state index in [1.165, 1.54) is 6.33 Å². The third kappa shape index (κ3) is 3.41. The third-order valence-corrected chi connectivity index (χ3v) is 4.43. The first-order valence-electron chi connectivity index (χ1n) is 8.65. The number of hydrogen-bond acceptors (Lipinski definition) is 5. The molecule has 4 aromatic rings. The lowest BCUT2D eigenvalue weighted by Crippen LogP contribution is -2.27. The highest BCUT2D eigenvalue weighted by Gasteiger charge is 2.16. The normalized spacial score (nSPS) is 12.2. The van der Waals surface area contributed by atoms with Crippen molar-refractivity contribution in [1.82, 2.24) is 35.0 Å². The zero-order chi connectivity index (χ0) is 18.8. The minimum absolute atomic E-state index is 0.236. The number of carbonyl (C=O) groups excluding carboxylic acids is 1. The van der Waals surface area contributed by atoms with Crippen LogP contribution in [0.5, 0.6) is 0 Å². The maximum Gasteiger partial charge on any atom is 0.272 e. The summed E-state index contributed by atoms with van der Waals surface area (Å²) in [6.45, 7) is 4.40. The van der Waals surface area contributed by atoms with Gasteiger partial charge in [0.05, 0.1) is 35.0 Å². The van der Waals surface area contributed by atoms with Gasteiger partial charge in [0, 0.05) is 6.20 Å². The van der Waals surface area contributed by atoms with Crippen LogP contribution in [0.1, 0.15) is 40.7 Å². The minimum Gasteiger partial charge on any atom is -0.343 e. The number of aromatic amines is 1. The summed E-state index contributed by atoms with van der Waals surface area (Å²) < 4.78 is 2.09. The number of H-pyrrole nitrogens is 1. The van der Waals surface area contributed by atoms with Gasteiger partial charge < -0.3 is 9.88 Å². The molecule has 136 valence electrons. The molecule has 1 atom stereocenters. The quantitative estimate of drug-likeness (QED) is 0.568. The van der Waals surface area contributed by atoms with Crippen LogP contribution in [0.4, 0.5) is 0 Å². The van der Waals surface area contributed by atoms with Crippen LogP contribution in [-0.2, 0) is 6.54 Å². The number of aromatic nitrogens is 6. The summed E-state index contributed by atoms with van der Waals surface area (Å²) >= 11 is 0. The van der Waals surface area contributed by atoms with Gasteiger partial charge in [-0.15, -0.1) is 0 Å². The standard InChI is InChI=1S/C19H19N7O/c1-12(15-7-8-20-11-21-15)22-19(27)17-9-14(24-25-17)10-26-13(2)23-16-5-3-4-6-18(16)26/h3-9,11-12H,10H2,1-2H3,(H,22,27)(H,24,25)/t12-/m1/s1. The van der Waals surface area contributed by atoms with Crippen LogP contribution in [0.25, 0.3) is 11.0 Å². The van der Waals surface area contributed by atoms with Crippen LogP contribution in [-0.4, -0.2) is 35.6 Å². The lowest BCUT2D eigenvalue weighted by molar-refractivity contribution is 0.0934. The number of carbonyl (C=O) groups is 1. The van der Waals surface area contributed by atoms with Crippen LogP contribution in [0.3, 0.4) is 0 Å². The van der Waals surface area contributed by atoms with E-state index in [1.807, 2.05) is 38.1 Å². The highest BCUT2D eigenvalue weighted by Crippen LogP contribution is 2.17. The molecule has 0 bridgehead atoms. The second-order valence-electron chi connectivity index (χ2n) is 6.34. The molecule has 3 aromatic heterocycles. The van der Waals surface area contributed by atoms with Gasteiger partial charge >= 0.3 is 0 Å². The first kappa shape index (κ1) is 16.9.